The second-order valence-corrected chi connectivity index (χ2v) is 14.3. The monoisotopic (exact) mass is 710 g/mol. The van der Waals surface area contributed by atoms with Crippen LogP contribution in [0.5, 0.6) is 0 Å². The highest BCUT2D eigenvalue weighted by Gasteiger charge is 2.21. The summed E-state index contributed by atoms with van der Waals surface area (Å²) in [7, 11) is 0. The molecule has 262 valence electrons. The summed E-state index contributed by atoms with van der Waals surface area (Å²) in [4.78, 5) is 14.8. The van der Waals surface area contributed by atoms with Crippen LogP contribution < -0.4 is 0 Å². The second kappa shape index (κ2) is 12.5. The van der Waals surface area contributed by atoms with E-state index >= 15 is 0 Å². The van der Waals surface area contributed by atoms with Crippen molar-refractivity contribution in [2.24, 2.45) is 0 Å². The lowest BCUT2D eigenvalue weighted by Gasteiger charge is -2.09. The third-order valence-electron chi connectivity index (χ3n) is 10.8. The van der Waals surface area contributed by atoms with Crippen molar-refractivity contribution in [3.63, 3.8) is 0 Å². The van der Waals surface area contributed by atoms with Crippen LogP contribution in [0, 0.1) is 0 Å². The highest BCUT2D eigenvalue weighted by molar-refractivity contribution is 6.24. The number of fused-ring (bicyclic) bond motifs is 10. The van der Waals surface area contributed by atoms with Crippen molar-refractivity contribution >= 4 is 65.7 Å². The molecule has 4 heterocycles. The Morgan fingerprint density at radius 2 is 1.11 bits per heavy atom. The van der Waals surface area contributed by atoms with Gasteiger partial charge in [0, 0.05) is 55.4 Å². The van der Waals surface area contributed by atoms with Crippen molar-refractivity contribution < 1.29 is 8.83 Å². The van der Waals surface area contributed by atoms with E-state index < -0.39 is 0 Å². The largest absolute Gasteiger partial charge is 0.456 e. The minimum atomic E-state index is 0.593. The fraction of sp³-hybridized carbons (Fsp3) is 0.0816. The Morgan fingerprint density at radius 1 is 0.473 bits per heavy atom. The molecule has 0 spiro atoms. The minimum absolute atomic E-state index is 0.593. The van der Waals surface area contributed by atoms with Crippen LogP contribution in [-0.2, 0) is 6.42 Å². The van der Waals surface area contributed by atoms with E-state index in [1.54, 1.807) is 0 Å². The van der Waals surface area contributed by atoms with Crippen LogP contribution in [0.2, 0.25) is 0 Å². The third kappa shape index (κ3) is 5.13. The number of furan rings is 2. The molecule has 55 heavy (non-hydrogen) atoms. The van der Waals surface area contributed by atoms with Crippen molar-refractivity contribution in [3.05, 3.63) is 157 Å². The molecule has 0 saturated heterocycles. The van der Waals surface area contributed by atoms with Crippen molar-refractivity contribution in [1.29, 1.82) is 0 Å². The maximum Gasteiger partial charge on any atom is 0.164 e. The van der Waals surface area contributed by atoms with E-state index in [1.165, 1.54) is 29.2 Å². The Labute approximate surface area is 316 Å². The Morgan fingerprint density at radius 3 is 1.85 bits per heavy atom. The minimum Gasteiger partial charge on any atom is -0.456 e. The van der Waals surface area contributed by atoms with Gasteiger partial charge in [-0.25, -0.2) is 15.0 Å². The zero-order valence-corrected chi connectivity index (χ0v) is 30.2. The number of para-hydroxylation sites is 1. The molecular weight excluding hydrogens is 677 g/mol. The predicted octanol–water partition coefficient (Wildman–Crippen LogP) is 13.1. The van der Waals surface area contributed by atoms with Gasteiger partial charge in [-0.3, -0.25) is 0 Å². The first-order valence-electron chi connectivity index (χ1n) is 18.9. The van der Waals surface area contributed by atoms with Crippen molar-refractivity contribution in [1.82, 2.24) is 19.5 Å². The maximum absolute atomic E-state index is 6.71. The quantitative estimate of drug-likeness (QED) is 0.165. The van der Waals surface area contributed by atoms with E-state index in [-0.39, 0.29) is 0 Å². The molecular formula is C49H34N4O2. The van der Waals surface area contributed by atoms with Gasteiger partial charge in [0.15, 0.2) is 17.5 Å². The molecule has 4 aromatic heterocycles. The molecule has 6 nitrogen and oxygen atoms in total. The third-order valence-corrected chi connectivity index (χ3v) is 10.8. The number of hydrogen-bond donors (Lipinski definition) is 0. The zero-order chi connectivity index (χ0) is 36.5. The van der Waals surface area contributed by atoms with Gasteiger partial charge in [-0.05, 0) is 73.0 Å². The summed E-state index contributed by atoms with van der Waals surface area (Å²) in [5, 5.41) is 6.78. The van der Waals surface area contributed by atoms with Crippen molar-refractivity contribution in [3.8, 4) is 39.9 Å². The van der Waals surface area contributed by atoms with Crippen molar-refractivity contribution in [2.45, 2.75) is 26.2 Å². The normalized spacial score (nSPS) is 11.9. The first-order chi connectivity index (χ1) is 27.2. The summed E-state index contributed by atoms with van der Waals surface area (Å²) >= 11 is 0. The number of hydrogen-bond acceptors (Lipinski definition) is 5. The molecule has 0 aliphatic carbocycles. The molecule has 0 unspecified atom stereocenters. The van der Waals surface area contributed by atoms with Crippen LogP contribution in [0.1, 0.15) is 25.3 Å². The zero-order valence-electron chi connectivity index (χ0n) is 30.2. The average molecular weight is 711 g/mol. The summed E-state index contributed by atoms with van der Waals surface area (Å²) in [5.41, 5.74) is 10.8. The van der Waals surface area contributed by atoms with E-state index in [0.29, 0.717) is 17.5 Å². The van der Waals surface area contributed by atoms with Gasteiger partial charge in [-0.2, -0.15) is 0 Å². The molecule has 0 saturated carbocycles. The average Bonchev–Trinajstić information content (AvgIpc) is 3.92. The van der Waals surface area contributed by atoms with Gasteiger partial charge < -0.3 is 13.4 Å². The van der Waals surface area contributed by atoms with Crippen LogP contribution in [0.4, 0.5) is 0 Å². The van der Waals surface area contributed by atoms with E-state index in [2.05, 4.69) is 84.3 Å². The smallest absolute Gasteiger partial charge is 0.164 e. The van der Waals surface area contributed by atoms with E-state index in [4.69, 9.17) is 23.8 Å². The second-order valence-electron chi connectivity index (χ2n) is 14.3. The van der Waals surface area contributed by atoms with Crippen molar-refractivity contribution in [2.75, 3.05) is 0 Å². The number of benzene rings is 7. The molecule has 0 radical (unpaired) electrons. The summed E-state index contributed by atoms with van der Waals surface area (Å²) in [6.07, 6.45) is 3.40. The van der Waals surface area contributed by atoms with E-state index in [1.807, 2.05) is 78.9 Å². The number of aryl methyl sites for hydroxylation is 1. The van der Waals surface area contributed by atoms with Gasteiger partial charge >= 0.3 is 0 Å². The van der Waals surface area contributed by atoms with Gasteiger partial charge in [0.25, 0.3) is 0 Å². The summed E-state index contributed by atoms with van der Waals surface area (Å²) in [6.45, 7) is 2.25. The first kappa shape index (κ1) is 31.5. The SMILES string of the molecule is CCCCc1ccc2c(c1)c1ccc3oc4ccccc4c3c1n2-c1ccc2c(c1)oc1cc(-c3nc(-c4ccccc4)nc(-c4ccccc4)n3)ccc12. The number of aromatic nitrogens is 4. The Balaban J connectivity index is 1.09. The van der Waals surface area contributed by atoms with Gasteiger partial charge in [-0.15, -0.1) is 0 Å². The Hall–Kier alpha value is -7.05. The van der Waals surface area contributed by atoms with Gasteiger partial charge in [0.05, 0.1) is 16.4 Å². The summed E-state index contributed by atoms with van der Waals surface area (Å²) < 4.78 is 15.5. The number of nitrogens with zero attached hydrogens (tertiary/aromatic N) is 4. The molecule has 7 aromatic carbocycles. The molecule has 11 rings (SSSR count). The lowest BCUT2D eigenvalue weighted by atomic mass is 10.0. The molecule has 0 fully saturated rings. The van der Waals surface area contributed by atoms with Crippen LogP contribution in [0.25, 0.3) is 106 Å². The topological polar surface area (TPSA) is 69.9 Å². The summed E-state index contributed by atoms with van der Waals surface area (Å²) in [6, 6.07) is 52.5. The Bertz CT molecular complexity index is 3190. The highest BCUT2D eigenvalue weighted by Crippen LogP contribution is 2.42. The first-order valence-corrected chi connectivity index (χ1v) is 18.9. The molecule has 0 amide bonds. The van der Waals surface area contributed by atoms with Crippen LogP contribution in [-0.4, -0.2) is 19.5 Å². The Kier molecular flexibility index (Phi) is 7.17. The highest BCUT2D eigenvalue weighted by atomic mass is 16.3. The molecule has 11 aromatic rings. The molecule has 0 aliphatic rings. The molecule has 0 bridgehead atoms. The van der Waals surface area contributed by atoms with Gasteiger partial charge in [0.2, 0.25) is 0 Å². The predicted molar refractivity (Wildman–Crippen MR) is 224 cm³/mol. The fourth-order valence-electron chi connectivity index (χ4n) is 8.15. The number of rotatable bonds is 7. The molecule has 0 aliphatic heterocycles. The van der Waals surface area contributed by atoms with Crippen LogP contribution >= 0.6 is 0 Å². The molecule has 6 heteroatoms. The van der Waals surface area contributed by atoms with Gasteiger partial charge in [-0.1, -0.05) is 104 Å². The fourth-order valence-corrected chi connectivity index (χ4v) is 8.15. The molecule has 0 N–H and O–H groups in total. The van der Waals surface area contributed by atoms with Crippen LogP contribution in [0.15, 0.2) is 160 Å². The van der Waals surface area contributed by atoms with E-state index in [9.17, 15) is 0 Å². The van der Waals surface area contributed by atoms with E-state index in [0.717, 1.165) is 83.7 Å². The number of unbranched alkanes of at least 4 members (excludes halogenated alkanes) is 1. The lowest BCUT2D eigenvalue weighted by molar-refractivity contribution is 0.668. The summed E-state index contributed by atoms with van der Waals surface area (Å²) in [5.74, 6) is 1.85. The molecule has 0 atom stereocenters. The van der Waals surface area contributed by atoms with Gasteiger partial charge in [0.1, 0.15) is 22.3 Å². The van der Waals surface area contributed by atoms with Crippen LogP contribution in [0.3, 0.4) is 0 Å². The maximum atomic E-state index is 6.71. The standard InChI is InChI=1S/C49H34N4O2/c1-2-3-12-30-19-25-40-39(27-30)37-24-26-42-45(38-17-10-11-18-41(38)54-42)46(37)53(40)34-21-23-36-35-22-20-33(28-43(35)55-44(36)29-34)49-51-47(31-13-6-4-7-14-31)50-48(52-49)32-15-8-5-9-16-32/h4-11,13-29H,2-3,12H2,1H3. The lowest BCUT2D eigenvalue weighted by Crippen LogP contribution is -2.00.